The topological polar surface area (TPSA) is 57.6 Å². The molecule has 4 aromatic carbocycles. The van der Waals surface area contributed by atoms with Gasteiger partial charge in [0.15, 0.2) is 0 Å². The molecule has 8 rings (SSSR count). The highest BCUT2D eigenvalue weighted by Gasteiger charge is 2.34. The second kappa shape index (κ2) is 9.58. The fourth-order valence-electron chi connectivity index (χ4n) is 6.41. The Labute approximate surface area is 256 Å². The van der Waals surface area contributed by atoms with Gasteiger partial charge >= 0.3 is 0 Å². The van der Waals surface area contributed by atoms with Gasteiger partial charge in [0, 0.05) is 21.9 Å². The van der Waals surface area contributed by atoms with Crippen LogP contribution in [0.1, 0.15) is 44.5 Å². The number of guanidine groups is 2. The molecular formula is C38H32N6. The number of rotatable bonds is 2. The minimum atomic E-state index is 0.547. The molecule has 3 aliphatic rings. The molecule has 3 aliphatic heterocycles. The summed E-state index contributed by atoms with van der Waals surface area (Å²) in [5.74, 6) is 1.67. The Bertz CT molecular complexity index is 2130. The zero-order valence-electron chi connectivity index (χ0n) is 25.8. The lowest BCUT2D eigenvalue weighted by Gasteiger charge is -2.33. The fraction of sp³-hybridized carbons (Fsp3) is 0.158. The number of allylic oxidation sites excluding steroid dienone is 2. The lowest BCUT2D eigenvalue weighted by atomic mass is 9.96. The van der Waals surface area contributed by atoms with Gasteiger partial charge in [-0.3, -0.25) is 4.57 Å². The van der Waals surface area contributed by atoms with Crippen molar-refractivity contribution in [2.24, 2.45) is 20.0 Å². The largest absolute Gasteiger partial charge is 0.278 e. The second-order valence-corrected chi connectivity index (χ2v) is 12.0. The van der Waals surface area contributed by atoms with Crippen molar-refractivity contribution in [3.05, 3.63) is 135 Å². The van der Waals surface area contributed by atoms with Crippen molar-refractivity contribution in [3.63, 3.8) is 0 Å². The molecule has 0 saturated heterocycles. The van der Waals surface area contributed by atoms with E-state index in [1.165, 1.54) is 33.4 Å². The maximum atomic E-state index is 5.14. The Morgan fingerprint density at radius 3 is 1.59 bits per heavy atom. The van der Waals surface area contributed by atoms with Crippen molar-refractivity contribution in [2.75, 3.05) is 0 Å². The summed E-state index contributed by atoms with van der Waals surface area (Å²) in [6, 6.07) is 25.7. The minimum absolute atomic E-state index is 0.547. The Balaban J connectivity index is 1.39. The van der Waals surface area contributed by atoms with Crippen LogP contribution in [0.3, 0.4) is 0 Å². The van der Waals surface area contributed by atoms with Crippen LogP contribution in [0.15, 0.2) is 111 Å². The van der Waals surface area contributed by atoms with Crippen LogP contribution in [0.25, 0.3) is 27.5 Å². The van der Waals surface area contributed by atoms with E-state index in [1.54, 1.807) is 0 Å². The molecule has 1 aromatic heterocycles. The van der Waals surface area contributed by atoms with Crippen LogP contribution in [-0.4, -0.2) is 33.1 Å². The normalized spacial score (nSPS) is 15.8. The van der Waals surface area contributed by atoms with E-state index in [4.69, 9.17) is 20.0 Å². The highest BCUT2D eigenvalue weighted by atomic mass is 15.4. The standard InChI is InChI=1S/C38H32N6/c1-21-15-27(16-22(2)25(21)5)32-19-29-20-33(28-17-23(3)26(6)24(4)18-28)40-37-42-38(41-36(39-32)43(29)37)44-34-13-9-7-11-30(34)31-12-8-10-14-35(31)44/h7-20H,1-6H3. The summed E-state index contributed by atoms with van der Waals surface area (Å²) in [5.41, 5.74) is 14.5. The van der Waals surface area contributed by atoms with Crippen LogP contribution in [0.2, 0.25) is 0 Å². The van der Waals surface area contributed by atoms with Crippen LogP contribution in [0.4, 0.5) is 0 Å². The number of aryl methyl sites for hydroxylation is 4. The summed E-state index contributed by atoms with van der Waals surface area (Å²) in [7, 11) is 0. The van der Waals surface area contributed by atoms with E-state index in [2.05, 4.69) is 131 Å². The molecule has 0 spiro atoms. The number of benzene rings is 4. The maximum Gasteiger partial charge on any atom is 0.241 e. The van der Waals surface area contributed by atoms with Gasteiger partial charge in [-0.25, -0.2) is 14.9 Å². The lowest BCUT2D eigenvalue weighted by Crippen LogP contribution is -2.42. The molecule has 214 valence electrons. The van der Waals surface area contributed by atoms with Crippen molar-refractivity contribution in [1.82, 2.24) is 9.47 Å². The number of hydrogen-bond donors (Lipinski definition) is 0. The van der Waals surface area contributed by atoms with E-state index >= 15 is 0 Å². The Morgan fingerprint density at radius 1 is 0.500 bits per heavy atom. The predicted octanol–water partition coefficient (Wildman–Crippen LogP) is 8.32. The number of para-hydroxylation sites is 2. The molecule has 44 heavy (non-hydrogen) atoms. The number of fused-ring (bicyclic) bond motifs is 3. The summed E-state index contributed by atoms with van der Waals surface area (Å²) >= 11 is 0. The quantitative estimate of drug-likeness (QED) is 0.210. The summed E-state index contributed by atoms with van der Waals surface area (Å²) in [6.45, 7) is 13.0. The molecule has 4 heterocycles. The van der Waals surface area contributed by atoms with Gasteiger partial charge in [-0.1, -0.05) is 36.4 Å². The summed E-state index contributed by atoms with van der Waals surface area (Å²) < 4.78 is 2.13. The van der Waals surface area contributed by atoms with Gasteiger partial charge in [-0.2, -0.15) is 9.98 Å². The molecule has 0 N–H and O–H groups in total. The molecule has 0 atom stereocenters. The molecule has 0 radical (unpaired) electrons. The van der Waals surface area contributed by atoms with Crippen LogP contribution in [0, 0.1) is 41.5 Å². The Morgan fingerprint density at radius 2 is 1.00 bits per heavy atom. The zero-order valence-corrected chi connectivity index (χ0v) is 25.8. The molecule has 0 fully saturated rings. The summed E-state index contributed by atoms with van der Waals surface area (Å²) in [4.78, 5) is 22.5. The predicted molar refractivity (Wildman–Crippen MR) is 183 cm³/mol. The first-order valence-corrected chi connectivity index (χ1v) is 15.0. The van der Waals surface area contributed by atoms with E-state index in [9.17, 15) is 0 Å². The molecule has 0 bridgehead atoms. The van der Waals surface area contributed by atoms with Crippen LogP contribution < -0.4 is 0 Å². The van der Waals surface area contributed by atoms with Crippen LogP contribution in [0.5, 0.6) is 0 Å². The Hall–Kier alpha value is -5.36. The first-order chi connectivity index (χ1) is 21.3. The van der Waals surface area contributed by atoms with Crippen molar-refractivity contribution >= 4 is 51.1 Å². The van der Waals surface area contributed by atoms with E-state index in [-0.39, 0.29) is 0 Å². The monoisotopic (exact) mass is 572 g/mol. The van der Waals surface area contributed by atoms with Crippen molar-refractivity contribution < 1.29 is 0 Å². The lowest BCUT2D eigenvalue weighted by molar-refractivity contribution is 0.733. The van der Waals surface area contributed by atoms with Crippen LogP contribution in [-0.2, 0) is 0 Å². The first-order valence-electron chi connectivity index (χ1n) is 15.0. The van der Waals surface area contributed by atoms with Gasteiger partial charge in [0.2, 0.25) is 17.9 Å². The van der Waals surface area contributed by atoms with E-state index in [0.717, 1.165) is 50.0 Å². The Kier molecular flexibility index (Phi) is 5.72. The first kappa shape index (κ1) is 26.3. The number of hydrogen-bond acceptors (Lipinski definition) is 5. The molecule has 5 aromatic rings. The molecule has 6 heteroatoms. The van der Waals surface area contributed by atoms with Gasteiger partial charge in [0.1, 0.15) is 0 Å². The third-order valence-electron chi connectivity index (χ3n) is 9.29. The third-order valence-corrected chi connectivity index (χ3v) is 9.29. The summed E-state index contributed by atoms with van der Waals surface area (Å²) in [5, 5.41) is 2.31. The van der Waals surface area contributed by atoms with Gasteiger partial charge in [-0.15, -0.1) is 0 Å². The number of nitrogens with zero attached hydrogens (tertiary/aromatic N) is 6. The molecule has 6 nitrogen and oxygen atoms in total. The average Bonchev–Trinajstić information content (AvgIpc) is 3.36. The maximum absolute atomic E-state index is 5.14. The summed E-state index contributed by atoms with van der Waals surface area (Å²) in [6.07, 6.45) is 4.26. The molecule has 0 amide bonds. The number of aliphatic imine (C=N–C) groups is 4. The van der Waals surface area contributed by atoms with Gasteiger partial charge in [0.05, 0.1) is 28.1 Å². The van der Waals surface area contributed by atoms with Gasteiger partial charge in [0.25, 0.3) is 0 Å². The van der Waals surface area contributed by atoms with E-state index in [0.29, 0.717) is 17.9 Å². The molecule has 0 saturated carbocycles. The van der Waals surface area contributed by atoms with Crippen molar-refractivity contribution in [3.8, 4) is 0 Å². The highest BCUT2D eigenvalue weighted by Crippen LogP contribution is 2.34. The van der Waals surface area contributed by atoms with Gasteiger partial charge < -0.3 is 0 Å². The van der Waals surface area contributed by atoms with E-state index < -0.39 is 0 Å². The molecule has 0 unspecified atom stereocenters. The fourth-order valence-corrected chi connectivity index (χ4v) is 6.41. The zero-order chi connectivity index (χ0) is 30.3. The minimum Gasteiger partial charge on any atom is -0.278 e. The average molecular weight is 573 g/mol. The second-order valence-electron chi connectivity index (χ2n) is 12.0. The highest BCUT2D eigenvalue weighted by molar-refractivity contribution is 6.26. The smallest absolute Gasteiger partial charge is 0.241 e. The van der Waals surface area contributed by atoms with Crippen LogP contribution >= 0.6 is 0 Å². The number of aromatic nitrogens is 1. The van der Waals surface area contributed by atoms with Gasteiger partial charge in [-0.05, 0) is 123 Å². The SMILES string of the molecule is Cc1cc(C2=CC3=CC(c4cc(C)c(C)c(C)c4)=NC4=NC(n5c6ccccc6c6ccccc65)=NC(=N2)N34)cc(C)c1C. The van der Waals surface area contributed by atoms with Crippen molar-refractivity contribution in [2.45, 2.75) is 41.5 Å². The van der Waals surface area contributed by atoms with E-state index in [1.807, 2.05) is 4.90 Å². The third kappa shape index (κ3) is 3.94. The molecule has 0 aliphatic carbocycles. The molecular weight excluding hydrogens is 540 g/mol. The van der Waals surface area contributed by atoms with Crippen molar-refractivity contribution in [1.29, 1.82) is 0 Å².